The summed E-state index contributed by atoms with van der Waals surface area (Å²) < 4.78 is 1.85. The van der Waals surface area contributed by atoms with E-state index in [2.05, 4.69) is 38.7 Å². The molecule has 8 unspecified atom stereocenters. The third-order valence-electron chi connectivity index (χ3n) is 10.5. The SMILES string of the molecule is C#Cc1cnn(CC(O)C2CCC3C4CCC(CCCC)C(C)(CCC)C4CCC23C)c1. The first-order chi connectivity index (χ1) is 15.4. The molecule has 1 heterocycles. The van der Waals surface area contributed by atoms with Gasteiger partial charge in [-0.25, -0.2) is 0 Å². The maximum atomic E-state index is 11.3. The van der Waals surface area contributed by atoms with Gasteiger partial charge in [-0.2, -0.15) is 5.10 Å². The Labute approximate surface area is 196 Å². The van der Waals surface area contributed by atoms with Crippen LogP contribution in [0.1, 0.15) is 104 Å². The van der Waals surface area contributed by atoms with Crippen LogP contribution >= 0.6 is 0 Å². The van der Waals surface area contributed by atoms with Crippen LogP contribution in [-0.4, -0.2) is 21.0 Å². The van der Waals surface area contributed by atoms with E-state index < -0.39 is 0 Å². The fraction of sp³-hybridized carbons (Fsp3) is 0.828. The molecule has 0 spiro atoms. The van der Waals surface area contributed by atoms with Crippen molar-refractivity contribution in [3.05, 3.63) is 18.0 Å². The number of hydrogen-bond acceptors (Lipinski definition) is 2. The largest absolute Gasteiger partial charge is 0.391 e. The minimum Gasteiger partial charge on any atom is -0.391 e. The van der Waals surface area contributed by atoms with Crippen molar-refractivity contribution in [2.45, 2.75) is 111 Å². The monoisotopic (exact) mass is 438 g/mol. The molecule has 0 bridgehead atoms. The van der Waals surface area contributed by atoms with Gasteiger partial charge in [-0.3, -0.25) is 4.68 Å². The lowest BCUT2D eigenvalue weighted by atomic mass is 9.45. The normalized spacial score (nSPS) is 39.8. The van der Waals surface area contributed by atoms with Gasteiger partial charge >= 0.3 is 0 Å². The van der Waals surface area contributed by atoms with E-state index in [-0.39, 0.29) is 11.5 Å². The average Bonchev–Trinajstić information content (AvgIpc) is 3.37. The van der Waals surface area contributed by atoms with Crippen molar-refractivity contribution in [3.8, 4) is 12.3 Å². The number of terminal acetylenes is 1. The summed E-state index contributed by atoms with van der Waals surface area (Å²) in [6.07, 6.45) is 23.6. The lowest BCUT2D eigenvalue weighted by molar-refractivity contribution is -0.113. The molecule has 3 aliphatic rings. The Morgan fingerprint density at radius 1 is 1.16 bits per heavy atom. The molecular weight excluding hydrogens is 392 g/mol. The molecule has 0 aliphatic heterocycles. The summed E-state index contributed by atoms with van der Waals surface area (Å²) in [5, 5.41) is 15.7. The van der Waals surface area contributed by atoms with E-state index in [1.54, 1.807) is 6.20 Å². The molecule has 8 atom stereocenters. The average molecular weight is 439 g/mol. The molecule has 0 saturated heterocycles. The van der Waals surface area contributed by atoms with E-state index in [4.69, 9.17) is 6.42 Å². The van der Waals surface area contributed by atoms with Crippen molar-refractivity contribution >= 4 is 0 Å². The number of hydrogen-bond donors (Lipinski definition) is 1. The molecule has 1 aromatic heterocycles. The Morgan fingerprint density at radius 3 is 2.66 bits per heavy atom. The Balaban J connectivity index is 1.50. The van der Waals surface area contributed by atoms with E-state index in [0.717, 1.165) is 29.2 Å². The number of nitrogens with zero attached hydrogens (tertiary/aromatic N) is 2. The summed E-state index contributed by atoms with van der Waals surface area (Å²) in [5.74, 6) is 6.46. The van der Waals surface area contributed by atoms with Gasteiger partial charge in [0, 0.05) is 6.20 Å². The zero-order chi connectivity index (χ0) is 22.9. The highest BCUT2D eigenvalue weighted by Gasteiger charge is 2.60. The van der Waals surface area contributed by atoms with E-state index in [1.807, 2.05) is 10.9 Å². The molecule has 3 aliphatic carbocycles. The first kappa shape index (κ1) is 23.9. The molecule has 0 amide bonds. The predicted molar refractivity (Wildman–Crippen MR) is 132 cm³/mol. The predicted octanol–water partition coefficient (Wildman–Crippen LogP) is 6.69. The number of aromatic nitrogens is 2. The first-order valence-corrected chi connectivity index (χ1v) is 13.5. The van der Waals surface area contributed by atoms with Crippen molar-refractivity contribution in [1.82, 2.24) is 9.78 Å². The van der Waals surface area contributed by atoms with E-state index >= 15 is 0 Å². The van der Waals surface area contributed by atoms with Crippen LogP contribution in [0.3, 0.4) is 0 Å². The quantitative estimate of drug-likeness (QED) is 0.459. The third kappa shape index (κ3) is 4.06. The highest BCUT2D eigenvalue weighted by atomic mass is 16.3. The molecule has 0 aromatic carbocycles. The van der Waals surface area contributed by atoms with Gasteiger partial charge in [0.25, 0.3) is 0 Å². The van der Waals surface area contributed by atoms with Crippen molar-refractivity contribution in [1.29, 1.82) is 0 Å². The minimum atomic E-state index is -0.338. The van der Waals surface area contributed by atoms with Crippen molar-refractivity contribution < 1.29 is 5.11 Å². The maximum Gasteiger partial charge on any atom is 0.0769 e. The summed E-state index contributed by atoms with van der Waals surface area (Å²) in [4.78, 5) is 0. The minimum absolute atomic E-state index is 0.270. The highest BCUT2D eigenvalue weighted by molar-refractivity contribution is 5.26. The summed E-state index contributed by atoms with van der Waals surface area (Å²) >= 11 is 0. The molecule has 1 aromatic rings. The third-order valence-corrected chi connectivity index (χ3v) is 10.5. The van der Waals surface area contributed by atoms with Gasteiger partial charge in [0.2, 0.25) is 0 Å². The number of unbranched alkanes of at least 4 members (excludes halogenated alkanes) is 1. The van der Waals surface area contributed by atoms with Gasteiger partial charge in [0.05, 0.1) is 24.4 Å². The standard InChI is InChI=1S/C29H46N2O/c1-6-9-10-22-11-12-23-24-13-14-26(27(32)20-31-19-21(8-3)18-30-31)29(24,5)17-15-25(23)28(22,4)16-7-2/h3,18-19,22-27,32H,6-7,9-17,20H2,1-2,4-5H3. The van der Waals surface area contributed by atoms with Crippen LogP contribution < -0.4 is 0 Å². The van der Waals surface area contributed by atoms with Gasteiger partial charge < -0.3 is 5.11 Å². The molecule has 178 valence electrons. The molecular formula is C29H46N2O. The van der Waals surface area contributed by atoms with Crippen LogP contribution in [0.15, 0.2) is 12.4 Å². The zero-order valence-corrected chi connectivity index (χ0v) is 21.0. The fourth-order valence-corrected chi connectivity index (χ4v) is 8.92. The Kier molecular flexibility index (Phi) is 7.11. The van der Waals surface area contributed by atoms with Crippen LogP contribution in [0.2, 0.25) is 0 Å². The second kappa shape index (κ2) is 9.54. The van der Waals surface area contributed by atoms with Gasteiger partial charge in [-0.1, -0.05) is 52.9 Å². The second-order valence-electron chi connectivity index (χ2n) is 11.9. The molecule has 4 rings (SSSR count). The smallest absolute Gasteiger partial charge is 0.0769 e. The molecule has 32 heavy (non-hydrogen) atoms. The van der Waals surface area contributed by atoms with Gasteiger partial charge in [0.1, 0.15) is 0 Å². The number of rotatable bonds is 8. The lowest BCUT2D eigenvalue weighted by Gasteiger charge is -2.59. The van der Waals surface area contributed by atoms with E-state index in [9.17, 15) is 5.11 Å². The summed E-state index contributed by atoms with van der Waals surface area (Å²) in [6.45, 7) is 10.5. The van der Waals surface area contributed by atoms with Crippen molar-refractivity contribution in [2.75, 3.05) is 0 Å². The second-order valence-corrected chi connectivity index (χ2v) is 11.9. The lowest BCUT2D eigenvalue weighted by Crippen LogP contribution is -2.53. The molecule has 1 N–H and O–H groups in total. The van der Waals surface area contributed by atoms with Crippen LogP contribution in [-0.2, 0) is 6.54 Å². The fourth-order valence-electron chi connectivity index (χ4n) is 8.92. The van der Waals surface area contributed by atoms with Crippen LogP contribution in [0.25, 0.3) is 0 Å². The van der Waals surface area contributed by atoms with E-state index in [1.165, 1.54) is 70.6 Å². The highest BCUT2D eigenvalue weighted by Crippen LogP contribution is 2.67. The Morgan fingerprint density at radius 2 is 1.97 bits per heavy atom. The first-order valence-electron chi connectivity index (χ1n) is 13.5. The van der Waals surface area contributed by atoms with E-state index in [0.29, 0.717) is 17.9 Å². The van der Waals surface area contributed by atoms with Crippen LogP contribution in [0, 0.1) is 52.8 Å². The molecule has 3 fully saturated rings. The maximum absolute atomic E-state index is 11.3. The zero-order valence-electron chi connectivity index (χ0n) is 21.0. The molecule has 3 heteroatoms. The molecule has 3 saturated carbocycles. The van der Waals surface area contributed by atoms with Gasteiger partial charge in [-0.05, 0) is 91.8 Å². The van der Waals surface area contributed by atoms with Crippen LogP contribution in [0.5, 0.6) is 0 Å². The topological polar surface area (TPSA) is 38.0 Å². The molecule has 3 nitrogen and oxygen atoms in total. The summed E-state index contributed by atoms with van der Waals surface area (Å²) in [5.41, 5.74) is 1.58. The molecule has 0 radical (unpaired) electrons. The number of aliphatic hydroxyl groups is 1. The van der Waals surface area contributed by atoms with Crippen molar-refractivity contribution in [3.63, 3.8) is 0 Å². The summed E-state index contributed by atoms with van der Waals surface area (Å²) in [6, 6.07) is 0. The number of fused-ring (bicyclic) bond motifs is 3. The Hall–Kier alpha value is -1.27. The van der Waals surface area contributed by atoms with Gasteiger partial charge in [-0.15, -0.1) is 6.42 Å². The Bertz CT molecular complexity index is 808. The van der Waals surface area contributed by atoms with Crippen molar-refractivity contribution in [2.24, 2.45) is 40.4 Å². The number of aliphatic hydroxyl groups excluding tert-OH is 1. The van der Waals surface area contributed by atoms with Gasteiger partial charge in [0.15, 0.2) is 0 Å². The summed E-state index contributed by atoms with van der Waals surface area (Å²) in [7, 11) is 0. The van der Waals surface area contributed by atoms with Crippen LogP contribution in [0.4, 0.5) is 0 Å².